The van der Waals surface area contributed by atoms with Crippen molar-refractivity contribution >= 4 is 17.7 Å². The van der Waals surface area contributed by atoms with Gasteiger partial charge in [0.2, 0.25) is 0 Å². The number of anilines is 2. The average Bonchev–Trinajstić information content (AvgIpc) is 2.17. The van der Waals surface area contributed by atoms with E-state index in [1.165, 1.54) is 11.2 Å². The van der Waals surface area contributed by atoms with Crippen molar-refractivity contribution in [2.75, 3.05) is 10.6 Å². The first kappa shape index (κ1) is 9.70. The number of carbonyl (C=O) groups is 1. The first-order valence-corrected chi connectivity index (χ1v) is 4.66. The van der Waals surface area contributed by atoms with E-state index in [-0.39, 0.29) is 12.6 Å². The van der Waals surface area contributed by atoms with Gasteiger partial charge in [0, 0.05) is 6.04 Å². The Balaban J connectivity index is 2.53. The van der Waals surface area contributed by atoms with Crippen LogP contribution in [0.3, 0.4) is 0 Å². The minimum atomic E-state index is -0.393. The summed E-state index contributed by atoms with van der Waals surface area (Å²) in [5.41, 5.74) is 6.35. The quantitative estimate of drug-likeness (QED) is 0.742. The molecule has 15 heavy (non-hydrogen) atoms. The Labute approximate surface area is 87.1 Å². The van der Waals surface area contributed by atoms with Gasteiger partial charge in [0.1, 0.15) is 24.6 Å². The molecule has 0 aliphatic carbocycles. The molecule has 6 nitrogen and oxygen atoms in total. The Hall–Kier alpha value is -1.85. The summed E-state index contributed by atoms with van der Waals surface area (Å²) in [4.78, 5) is 20.9. The van der Waals surface area contributed by atoms with Gasteiger partial charge in [-0.1, -0.05) is 0 Å². The van der Waals surface area contributed by atoms with Crippen LogP contribution in [0.15, 0.2) is 6.33 Å². The maximum absolute atomic E-state index is 11.5. The van der Waals surface area contributed by atoms with Crippen molar-refractivity contribution in [3.8, 4) is 0 Å². The number of aromatic nitrogens is 2. The van der Waals surface area contributed by atoms with E-state index in [0.717, 1.165) is 0 Å². The highest BCUT2D eigenvalue weighted by Gasteiger charge is 2.30. The highest BCUT2D eigenvalue weighted by atomic mass is 16.6. The van der Waals surface area contributed by atoms with Crippen molar-refractivity contribution in [2.24, 2.45) is 0 Å². The lowest BCUT2D eigenvalue weighted by molar-refractivity contribution is 0.139. The van der Waals surface area contributed by atoms with Gasteiger partial charge >= 0.3 is 6.09 Å². The second-order valence-electron chi connectivity index (χ2n) is 3.58. The highest BCUT2D eigenvalue weighted by Crippen LogP contribution is 2.28. The molecule has 0 saturated heterocycles. The lowest BCUT2D eigenvalue weighted by atomic mass is 10.2. The number of rotatable bonds is 1. The molecule has 2 rings (SSSR count). The predicted molar refractivity (Wildman–Crippen MR) is 54.2 cm³/mol. The predicted octanol–water partition coefficient (Wildman–Crippen LogP) is 0.924. The summed E-state index contributed by atoms with van der Waals surface area (Å²) in [6, 6.07) is -0.0224. The molecule has 0 spiro atoms. The number of carbonyl (C=O) groups excluding carboxylic acids is 1. The summed E-state index contributed by atoms with van der Waals surface area (Å²) >= 11 is 0. The van der Waals surface area contributed by atoms with Crippen LogP contribution in [-0.4, -0.2) is 22.1 Å². The molecule has 1 aliphatic rings. The Morgan fingerprint density at radius 2 is 2.27 bits per heavy atom. The fourth-order valence-corrected chi connectivity index (χ4v) is 1.51. The number of nitrogens with zero attached hydrogens (tertiary/aromatic N) is 3. The number of nitrogens with two attached hydrogens (primary N) is 1. The average molecular weight is 208 g/mol. The van der Waals surface area contributed by atoms with Crippen molar-refractivity contribution < 1.29 is 9.53 Å². The molecule has 80 valence electrons. The van der Waals surface area contributed by atoms with Crippen LogP contribution in [0.25, 0.3) is 0 Å². The molecule has 1 amide bonds. The fourth-order valence-electron chi connectivity index (χ4n) is 1.51. The first-order valence-electron chi connectivity index (χ1n) is 4.66. The molecule has 0 fully saturated rings. The summed E-state index contributed by atoms with van der Waals surface area (Å²) in [6.45, 7) is 3.91. The standard InChI is InChI=1S/C9H12N4O2/c1-5(2)13-8-6(3-15-9(13)14)7(10)11-4-12-8/h4-5H,3H2,1-2H3,(H2,10,11,12). The van der Waals surface area contributed by atoms with Gasteiger partial charge in [-0.2, -0.15) is 0 Å². The monoisotopic (exact) mass is 208 g/mol. The Bertz CT molecular complexity index is 405. The number of ether oxygens (including phenoxy) is 1. The Morgan fingerprint density at radius 1 is 1.53 bits per heavy atom. The van der Waals surface area contributed by atoms with Crippen LogP contribution in [0.1, 0.15) is 19.4 Å². The van der Waals surface area contributed by atoms with E-state index >= 15 is 0 Å². The van der Waals surface area contributed by atoms with Crippen molar-refractivity contribution in [3.63, 3.8) is 0 Å². The maximum Gasteiger partial charge on any atom is 0.416 e. The van der Waals surface area contributed by atoms with Gasteiger partial charge in [-0.25, -0.2) is 14.8 Å². The number of fused-ring (bicyclic) bond motifs is 1. The van der Waals surface area contributed by atoms with Gasteiger partial charge in [-0.15, -0.1) is 0 Å². The number of hydrogen-bond donors (Lipinski definition) is 1. The molecule has 0 radical (unpaired) electrons. The normalized spacial score (nSPS) is 15.1. The molecule has 1 aromatic heterocycles. The molecule has 1 aromatic rings. The van der Waals surface area contributed by atoms with E-state index in [9.17, 15) is 4.79 Å². The van der Waals surface area contributed by atoms with Crippen molar-refractivity contribution in [2.45, 2.75) is 26.5 Å². The van der Waals surface area contributed by atoms with Crippen molar-refractivity contribution in [1.29, 1.82) is 0 Å². The van der Waals surface area contributed by atoms with Crippen LogP contribution in [0.4, 0.5) is 16.4 Å². The number of amides is 1. The van der Waals surface area contributed by atoms with Gasteiger partial charge in [-0.3, -0.25) is 4.90 Å². The maximum atomic E-state index is 11.5. The van der Waals surface area contributed by atoms with Crippen LogP contribution in [-0.2, 0) is 11.3 Å². The third-order valence-electron chi connectivity index (χ3n) is 2.24. The van der Waals surface area contributed by atoms with E-state index in [0.29, 0.717) is 17.2 Å². The van der Waals surface area contributed by atoms with Crippen LogP contribution < -0.4 is 10.6 Å². The van der Waals surface area contributed by atoms with E-state index in [1.54, 1.807) is 0 Å². The molecular weight excluding hydrogens is 196 g/mol. The highest BCUT2D eigenvalue weighted by molar-refractivity contribution is 5.90. The molecule has 2 heterocycles. The summed E-state index contributed by atoms with van der Waals surface area (Å²) in [5.74, 6) is 0.909. The van der Waals surface area contributed by atoms with Gasteiger partial charge < -0.3 is 10.5 Å². The van der Waals surface area contributed by atoms with Crippen LogP contribution >= 0.6 is 0 Å². The van der Waals surface area contributed by atoms with Gasteiger partial charge in [-0.05, 0) is 13.8 Å². The van der Waals surface area contributed by atoms with E-state index < -0.39 is 6.09 Å². The van der Waals surface area contributed by atoms with Gasteiger partial charge in [0.25, 0.3) is 0 Å². The molecule has 6 heteroatoms. The molecule has 1 aliphatic heterocycles. The minimum absolute atomic E-state index is 0.0224. The molecule has 0 aromatic carbocycles. The zero-order valence-electron chi connectivity index (χ0n) is 8.60. The number of hydrogen-bond acceptors (Lipinski definition) is 5. The zero-order chi connectivity index (χ0) is 11.0. The Kier molecular flexibility index (Phi) is 2.18. The third kappa shape index (κ3) is 1.47. The Morgan fingerprint density at radius 3 is 2.93 bits per heavy atom. The summed E-state index contributed by atoms with van der Waals surface area (Å²) in [5, 5.41) is 0. The first-order chi connectivity index (χ1) is 7.11. The lowest BCUT2D eigenvalue weighted by Gasteiger charge is -2.30. The number of cyclic esters (lactones) is 1. The third-order valence-corrected chi connectivity index (χ3v) is 2.24. The molecular formula is C9H12N4O2. The smallest absolute Gasteiger partial charge is 0.416 e. The van der Waals surface area contributed by atoms with Crippen molar-refractivity contribution in [3.05, 3.63) is 11.9 Å². The SMILES string of the molecule is CC(C)N1C(=O)OCc2c(N)ncnc21. The topological polar surface area (TPSA) is 81.3 Å². The second-order valence-corrected chi connectivity index (χ2v) is 3.58. The molecule has 0 bridgehead atoms. The van der Waals surface area contributed by atoms with E-state index in [2.05, 4.69) is 9.97 Å². The van der Waals surface area contributed by atoms with Crippen LogP contribution in [0.5, 0.6) is 0 Å². The van der Waals surface area contributed by atoms with Crippen LogP contribution in [0.2, 0.25) is 0 Å². The minimum Gasteiger partial charge on any atom is -0.444 e. The van der Waals surface area contributed by atoms with Crippen LogP contribution in [0, 0.1) is 0 Å². The van der Waals surface area contributed by atoms with E-state index in [1.807, 2.05) is 13.8 Å². The second kappa shape index (κ2) is 3.38. The molecule has 0 unspecified atom stereocenters. The van der Waals surface area contributed by atoms with Crippen molar-refractivity contribution in [1.82, 2.24) is 9.97 Å². The van der Waals surface area contributed by atoms with Gasteiger partial charge in [0.15, 0.2) is 0 Å². The summed E-state index contributed by atoms with van der Waals surface area (Å²) < 4.78 is 4.99. The number of nitrogen functional groups attached to an aromatic ring is 1. The van der Waals surface area contributed by atoms with E-state index in [4.69, 9.17) is 10.5 Å². The van der Waals surface area contributed by atoms with Gasteiger partial charge in [0.05, 0.1) is 5.56 Å². The summed E-state index contributed by atoms with van der Waals surface area (Å²) in [6.07, 6.45) is 0.956. The zero-order valence-corrected chi connectivity index (χ0v) is 8.60. The molecule has 0 saturated carbocycles. The largest absolute Gasteiger partial charge is 0.444 e. The lowest BCUT2D eigenvalue weighted by Crippen LogP contribution is -2.41. The fraction of sp³-hybridized carbons (Fsp3) is 0.444. The molecule has 2 N–H and O–H groups in total. The summed E-state index contributed by atoms with van der Waals surface area (Å²) in [7, 11) is 0. The molecule has 0 atom stereocenters.